The molecule has 6 nitrogen and oxygen atoms in total. The van der Waals surface area contributed by atoms with E-state index in [0.717, 1.165) is 35.4 Å². The molecule has 0 bridgehead atoms. The molecule has 3 heterocycles. The summed E-state index contributed by atoms with van der Waals surface area (Å²) in [7, 11) is 0. The summed E-state index contributed by atoms with van der Waals surface area (Å²) in [5.41, 5.74) is 3.99. The van der Waals surface area contributed by atoms with E-state index in [4.69, 9.17) is 21.1 Å². The zero-order valence-corrected chi connectivity index (χ0v) is 21.6. The molecular formula is C29H31ClFN3O3. The SMILES string of the molecule is C[C@H]1CO[C@H](CCc2c(F)cncc2NC(=O)C[C@@H](c2ccc(Cl)cc2)c2ccc3c(c2)CCO3)CN1. The van der Waals surface area contributed by atoms with Gasteiger partial charge >= 0.3 is 0 Å². The molecule has 2 aromatic carbocycles. The molecule has 0 radical (unpaired) electrons. The lowest BCUT2D eigenvalue weighted by molar-refractivity contribution is -0.116. The van der Waals surface area contributed by atoms with Gasteiger partial charge in [-0.3, -0.25) is 9.78 Å². The van der Waals surface area contributed by atoms with Crippen molar-refractivity contribution in [1.29, 1.82) is 0 Å². The second-order valence-electron chi connectivity index (χ2n) is 9.77. The number of carbonyl (C=O) groups is 1. The Kier molecular flexibility index (Phi) is 8.03. The Morgan fingerprint density at radius 3 is 2.81 bits per heavy atom. The Morgan fingerprint density at radius 1 is 1.22 bits per heavy atom. The number of nitrogens with zero attached hydrogens (tertiary/aromatic N) is 1. The number of hydrogen-bond acceptors (Lipinski definition) is 5. The van der Waals surface area contributed by atoms with E-state index >= 15 is 0 Å². The minimum atomic E-state index is -0.428. The molecule has 37 heavy (non-hydrogen) atoms. The van der Waals surface area contributed by atoms with E-state index in [0.29, 0.717) is 48.4 Å². The van der Waals surface area contributed by atoms with Crippen molar-refractivity contribution in [2.45, 2.75) is 50.7 Å². The fraction of sp³-hybridized carbons (Fsp3) is 0.379. The lowest BCUT2D eigenvalue weighted by Gasteiger charge is -2.28. The molecule has 3 atom stereocenters. The van der Waals surface area contributed by atoms with Gasteiger partial charge < -0.3 is 20.1 Å². The van der Waals surface area contributed by atoms with E-state index in [1.165, 1.54) is 12.4 Å². The zero-order chi connectivity index (χ0) is 25.8. The highest BCUT2D eigenvalue weighted by Crippen LogP contribution is 2.34. The minimum Gasteiger partial charge on any atom is -0.493 e. The first-order valence-electron chi connectivity index (χ1n) is 12.7. The van der Waals surface area contributed by atoms with Crippen LogP contribution >= 0.6 is 11.6 Å². The molecule has 0 saturated carbocycles. The van der Waals surface area contributed by atoms with Crippen LogP contribution < -0.4 is 15.4 Å². The van der Waals surface area contributed by atoms with Crippen molar-refractivity contribution in [3.8, 4) is 5.75 Å². The Hall–Kier alpha value is -3.00. The van der Waals surface area contributed by atoms with Crippen molar-refractivity contribution in [2.75, 3.05) is 25.1 Å². The van der Waals surface area contributed by atoms with Crippen molar-refractivity contribution in [2.24, 2.45) is 0 Å². The number of halogens is 2. The number of carbonyl (C=O) groups excluding carboxylic acids is 1. The van der Waals surface area contributed by atoms with Crippen molar-refractivity contribution in [3.05, 3.63) is 88.0 Å². The van der Waals surface area contributed by atoms with Gasteiger partial charge in [0.15, 0.2) is 0 Å². The number of aromatic nitrogens is 1. The number of ether oxygens (including phenoxy) is 2. The van der Waals surface area contributed by atoms with E-state index < -0.39 is 5.82 Å². The van der Waals surface area contributed by atoms with Gasteiger partial charge in [0.1, 0.15) is 11.6 Å². The second kappa shape index (κ2) is 11.6. The fourth-order valence-corrected chi connectivity index (χ4v) is 5.10. The molecule has 0 unspecified atom stereocenters. The highest BCUT2D eigenvalue weighted by Gasteiger charge is 2.23. The van der Waals surface area contributed by atoms with Gasteiger partial charge in [-0.05, 0) is 54.7 Å². The van der Waals surface area contributed by atoms with Gasteiger partial charge in [0, 0.05) is 41.9 Å². The Bertz CT molecular complexity index is 1250. The highest BCUT2D eigenvalue weighted by molar-refractivity contribution is 6.30. The zero-order valence-electron chi connectivity index (χ0n) is 20.8. The van der Waals surface area contributed by atoms with E-state index in [1.807, 2.05) is 36.4 Å². The Morgan fingerprint density at radius 2 is 2.03 bits per heavy atom. The normalized spacial score (nSPS) is 19.6. The molecule has 2 aliphatic rings. The predicted octanol–water partition coefficient (Wildman–Crippen LogP) is 5.28. The summed E-state index contributed by atoms with van der Waals surface area (Å²) in [5, 5.41) is 6.95. The average Bonchev–Trinajstić information content (AvgIpc) is 3.37. The summed E-state index contributed by atoms with van der Waals surface area (Å²) in [6.07, 6.45) is 4.83. The number of rotatable bonds is 8. The average molecular weight is 524 g/mol. The number of benzene rings is 2. The summed E-state index contributed by atoms with van der Waals surface area (Å²) in [6.45, 7) is 4.10. The maximum Gasteiger partial charge on any atom is 0.225 e. The van der Waals surface area contributed by atoms with Crippen molar-refractivity contribution in [1.82, 2.24) is 10.3 Å². The first-order valence-corrected chi connectivity index (χ1v) is 13.1. The van der Waals surface area contributed by atoms with Crippen molar-refractivity contribution in [3.63, 3.8) is 0 Å². The van der Waals surface area contributed by atoms with Gasteiger partial charge in [0.25, 0.3) is 0 Å². The molecule has 1 amide bonds. The quantitative estimate of drug-likeness (QED) is 0.420. The van der Waals surface area contributed by atoms with Crippen molar-refractivity contribution < 1.29 is 18.7 Å². The Labute approximate surface area is 221 Å². The van der Waals surface area contributed by atoms with Crippen LogP contribution in [0.2, 0.25) is 5.02 Å². The van der Waals surface area contributed by atoms with Gasteiger partial charge in [-0.1, -0.05) is 35.9 Å². The summed E-state index contributed by atoms with van der Waals surface area (Å²) in [6, 6.07) is 13.9. The van der Waals surface area contributed by atoms with Crippen LogP contribution in [0.5, 0.6) is 5.75 Å². The largest absolute Gasteiger partial charge is 0.493 e. The van der Waals surface area contributed by atoms with Gasteiger partial charge in [-0.2, -0.15) is 0 Å². The van der Waals surface area contributed by atoms with Crippen LogP contribution in [-0.2, 0) is 22.4 Å². The highest BCUT2D eigenvalue weighted by atomic mass is 35.5. The number of morpholine rings is 1. The molecule has 8 heteroatoms. The molecule has 194 valence electrons. The van der Waals surface area contributed by atoms with Gasteiger partial charge in [-0.15, -0.1) is 0 Å². The maximum absolute atomic E-state index is 14.8. The topological polar surface area (TPSA) is 72.5 Å². The molecule has 2 aliphatic heterocycles. The maximum atomic E-state index is 14.8. The molecule has 1 saturated heterocycles. The van der Waals surface area contributed by atoms with Gasteiger partial charge in [0.2, 0.25) is 5.91 Å². The number of anilines is 1. The van der Waals surface area contributed by atoms with E-state index in [1.54, 1.807) is 0 Å². The van der Waals surface area contributed by atoms with Crippen LogP contribution in [0.4, 0.5) is 10.1 Å². The van der Waals surface area contributed by atoms with E-state index in [2.05, 4.69) is 28.6 Å². The van der Waals surface area contributed by atoms with Crippen LogP contribution in [0.25, 0.3) is 0 Å². The third kappa shape index (κ3) is 6.29. The number of pyridine rings is 1. The van der Waals surface area contributed by atoms with Crippen LogP contribution in [0.1, 0.15) is 47.9 Å². The fourth-order valence-electron chi connectivity index (χ4n) is 4.98. The van der Waals surface area contributed by atoms with Crippen LogP contribution in [0, 0.1) is 5.82 Å². The van der Waals surface area contributed by atoms with Gasteiger partial charge in [-0.25, -0.2) is 4.39 Å². The molecule has 1 aromatic heterocycles. The second-order valence-corrected chi connectivity index (χ2v) is 10.2. The first kappa shape index (κ1) is 25.6. The smallest absolute Gasteiger partial charge is 0.225 e. The number of amides is 1. The predicted molar refractivity (Wildman–Crippen MR) is 142 cm³/mol. The van der Waals surface area contributed by atoms with Crippen LogP contribution in [0.3, 0.4) is 0 Å². The molecule has 5 rings (SSSR count). The monoisotopic (exact) mass is 523 g/mol. The van der Waals surface area contributed by atoms with E-state index in [-0.39, 0.29) is 24.3 Å². The molecule has 2 N–H and O–H groups in total. The number of fused-ring (bicyclic) bond motifs is 1. The number of hydrogen-bond donors (Lipinski definition) is 2. The first-order chi connectivity index (χ1) is 18.0. The summed E-state index contributed by atoms with van der Waals surface area (Å²) in [5.74, 6) is 0.0551. The van der Waals surface area contributed by atoms with Crippen LogP contribution in [-0.4, -0.2) is 42.8 Å². The molecule has 1 fully saturated rings. The summed E-state index contributed by atoms with van der Waals surface area (Å²) < 4.78 is 26.3. The third-order valence-corrected chi connectivity index (χ3v) is 7.30. The lowest BCUT2D eigenvalue weighted by Crippen LogP contribution is -2.44. The van der Waals surface area contributed by atoms with Crippen LogP contribution in [0.15, 0.2) is 54.9 Å². The molecule has 0 spiro atoms. The van der Waals surface area contributed by atoms with Crippen molar-refractivity contribution >= 4 is 23.2 Å². The summed E-state index contributed by atoms with van der Waals surface area (Å²) >= 11 is 6.13. The Balaban J connectivity index is 1.33. The van der Waals surface area contributed by atoms with Gasteiger partial charge in [0.05, 0.1) is 37.4 Å². The number of nitrogens with one attached hydrogen (secondary N) is 2. The molecule has 3 aromatic rings. The molecule has 0 aliphatic carbocycles. The minimum absolute atomic E-state index is 0.00499. The molecular weight excluding hydrogens is 493 g/mol. The standard InChI is InChI=1S/C29H31ClFN3O3/c1-18-17-37-23(14-33-18)7-8-24-26(31)15-32-16-27(24)34-29(35)13-25(19-2-5-22(30)6-3-19)20-4-9-28-21(12-20)10-11-36-28/h2-6,9,12,15-16,18,23,25,33H,7-8,10-11,13-14,17H2,1H3,(H,34,35)/t18-,23+,25-/m0/s1. The lowest BCUT2D eigenvalue weighted by atomic mass is 9.87. The summed E-state index contributed by atoms with van der Waals surface area (Å²) in [4.78, 5) is 17.3. The van der Waals surface area contributed by atoms with E-state index in [9.17, 15) is 9.18 Å². The third-order valence-electron chi connectivity index (χ3n) is 7.05.